The summed E-state index contributed by atoms with van der Waals surface area (Å²) in [5, 5.41) is 16.9. The number of fused-ring (bicyclic) bond motifs is 1. The van der Waals surface area contributed by atoms with Crippen molar-refractivity contribution in [1.29, 1.82) is 0 Å². The number of anilines is 2. The van der Waals surface area contributed by atoms with E-state index in [1.807, 2.05) is 63.2 Å². The fourth-order valence-corrected chi connectivity index (χ4v) is 5.30. The second-order valence-electron chi connectivity index (χ2n) is 12.1. The van der Waals surface area contributed by atoms with Crippen molar-refractivity contribution in [3.05, 3.63) is 113 Å². The van der Waals surface area contributed by atoms with Crippen LogP contribution in [-0.4, -0.2) is 36.2 Å². The fraction of sp³-hybridized carbons (Fsp3) is 0.216. The summed E-state index contributed by atoms with van der Waals surface area (Å²) in [5.41, 5.74) is 9.69. The van der Waals surface area contributed by atoms with Crippen LogP contribution in [0.1, 0.15) is 53.5 Å². The van der Waals surface area contributed by atoms with Crippen LogP contribution in [-0.2, 0) is 18.4 Å². The SMILES string of the molecule is COc1cc(CO)cc(Cc2cc(Oc3ccc(NC(=O)Nc4cc(C(C)(C)C)cc(C(N)=O)c4OC)c4ccccc34)ccn2)c1. The number of ether oxygens (including phenoxy) is 3. The second-order valence-corrected chi connectivity index (χ2v) is 12.1. The van der Waals surface area contributed by atoms with E-state index in [9.17, 15) is 14.7 Å². The monoisotopic (exact) mass is 634 g/mol. The van der Waals surface area contributed by atoms with Crippen molar-refractivity contribution < 1.29 is 28.9 Å². The normalized spacial score (nSPS) is 11.2. The van der Waals surface area contributed by atoms with Gasteiger partial charge in [-0.25, -0.2) is 4.79 Å². The van der Waals surface area contributed by atoms with Crippen LogP contribution in [0.25, 0.3) is 10.8 Å². The molecule has 10 heteroatoms. The molecule has 0 aliphatic carbocycles. The van der Waals surface area contributed by atoms with Crippen LogP contribution in [0.4, 0.5) is 16.2 Å². The third kappa shape index (κ3) is 7.62. The lowest BCUT2D eigenvalue weighted by atomic mass is 9.85. The molecular weight excluding hydrogens is 596 g/mol. The van der Waals surface area contributed by atoms with Crippen molar-refractivity contribution in [3.8, 4) is 23.0 Å². The lowest BCUT2D eigenvalue weighted by Crippen LogP contribution is -2.23. The van der Waals surface area contributed by atoms with E-state index >= 15 is 0 Å². The van der Waals surface area contributed by atoms with E-state index in [-0.39, 0.29) is 23.3 Å². The molecule has 1 heterocycles. The Bertz CT molecular complexity index is 1930. The molecule has 0 radical (unpaired) electrons. The van der Waals surface area contributed by atoms with E-state index in [0.29, 0.717) is 35.0 Å². The van der Waals surface area contributed by atoms with Gasteiger partial charge in [0.1, 0.15) is 17.2 Å². The van der Waals surface area contributed by atoms with Crippen LogP contribution in [0.15, 0.2) is 85.1 Å². The van der Waals surface area contributed by atoms with Crippen molar-refractivity contribution in [2.75, 3.05) is 24.9 Å². The summed E-state index contributed by atoms with van der Waals surface area (Å²) >= 11 is 0. The number of hydrogen-bond acceptors (Lipinski definition) is 7. The van der Waals surface area contributed by atoms with Gasteiger partial charge in [-0.3, -0.25) is 9.78 Å². The average Bonchev–Trinajstić information content (AvgIpc) is 3.05. The van der Waals surface area contributed by atoms with E-state index in [1.165, 1.54) is 7.11 Å². The first-order chi connectivity index (χ1) is 22.5. The van der Waals surface area contributed by atoms with Crippen LogP contribution in [0.2, 0.25) is 0 Å². The number of pyridine rings is 1. The first-order valence-electron chi connectivity index (χ1n) is 15.0. The van der Waals surface area contributed by atoms with Crippen molar-refractivity contribution in [1.82, 2.24) is 4.98 Å². The largest absolute Gasteiger partial charge is 0.497 e. The van der Waals surface area contributed by atoms with Gasteiger partial charge in [-0.2, -0.15) is 0 Å². The molecule has 0 aliphatic heterocycles. The Morgan fingerprint density at radius 2 is 1.55 bits per heavy atom. The van der Waals surface area contributed by atoms with Gasteiger partial charge >= 0.3 is 6.03 Å². The van der Waals surface area contributed by atoms with Gasteiger partial charge in [0.05, 0.1) is 37.8 Å². The smallest absolute Gasteiger partial charge is 0.323 e. The van der Waals surface area contributed by atoms with E-state index in [4.69, 9.17) is 19.9 Å². The number of benzene rings is 4. The quantitative estimate of drug-likeness (QED) is 0.127. The first-order valence-corrected chi connectivity index (χ1v) is 15.0. The number of urea groups is 1. The number of amides is 3. The van der Waals surface area contributed by atoms with Crippen LogP contribution < -0.4 is 30.6 Å². The molecule has 0 aliphatic rings. The van der Waals surface area contributed by atoms with Gasteiger partial charge in [0, 0.05) is 35.2 Å². The van der Waals surface area contributed by atoms with Gasteiger partial charge in [0.2, 0.25) is 0 Å². The highest BCUT2D eigenvalue weighted by Gasteiger charge is 2.23. The number of carbonyl (C=O) groups excluding carboxylic acids is 2. The summed E-state index contributed by atoms with van der Waals surface area (Å²) < 4.78 is 17.2. The maximum absolute atomic E-state index is 13.3. The highest BCUT2D eigenvalue weighted by Crippen LogP contribution is 2.37. The summed E-state index contributed by atoms with van der Waals surface area (Å²) in [7, 11) is 3.01. The highest BCUT2D eigenvalue weighted by atomic mass is 16.5. The minimum absolute atomic E-state index is 0.0881. The molecule has 0 bridgehead atoms. The molecule has 0 spiro atoms. The van der Waals surface area contributed by atoms with Crippen molar-refractivity contribution in [3.63, 3.8) is 0 Å². The summed E-state index contributed by atoms with van der Waals surface area (Å²) in [5.74, 6) is 1.39. The second kappa shape index (κ2) is 13.8. The van der Waals surface area contributed by atoms with Gasteiger partial charge in [0.15, 0.2) is 5.75 Å². The van der Waals surface area contributed by atoms with Gasteiger partial charge in [0.25, 0.3) is 5.91 Å². The zero-order valence-electron chi connectivity index (χ0n) is 27.0. The van der Waals surface area contributed by atoms with Crippen molar-refractivity contribution >= 4 is 34.1 Å². The Balaban J connectivity index is 1.39. The number of primary amides is 1. The maximum Gasteiger partial charge on any atom is 0.323 e. The Labute approximate surface area is 273 Å². The molecule has 10 nitrogen and oxygen atoms in total. The first kappa shape index (κ1) is 32.8. The molecule has 0 fully saturated rings. The minimum atomic E-state index is -0.657. The Morgan fingerprint density at radius 1 is 0.830 bits per heavy atom. The van der Waals surface area contributed by atoms with Crippen molar-refractivity contribution in [2.45, 2.75) is 39.2 Å². The number of carbonyl (C=O) groups is 2. The number of aliphatic hydroxyl groups is 1. The predicted molar refractivity (Wildman–Crippen MR) is 183 cm³/mol. The highest BCUT2D eigenvalue weighted by molar-refractivity contribution is 6.09. The molecule has 0 saturated carbocycles. The Hall–Kier alpha value is -5.61. The maximum atomic E-state index is 13.3. The minimum Gasteiger partial charge on any atom is -0.497 e. The van der Waals surface area contributed by atoms with E-state index in [0.717, 1.165) is 33.2 Å². The van der Waals surface area contributed by atoms with Crippen LogP contribution >= 0.6 is 0 Å². The number of nitrogens with one attached hydrogen (secondary N) is 2. The van der Waals surface area contributed by atoms with Gasteiger partial charge in [-0.05, 0) is 64.6 Å². The third-order valence-corrected chi connectivity index (χ3v) is 7.65. The van der Waals surface area contributed by atoms with E-state index in [1.54, 1.807) is 49.7 Å². The lowest BCUT2D eigenvalue weighted by Gasteiger charge is -2.23. The Kier molecular flexibility index (Phi) is 9.62. The summed E-state index contributed by atoms with van der Waals surface area (Å²) in [6.07, 6.45) is 2.21. The van der Waals surface area contributed by atoms with Crippen LogP contribution in [0.5, 0.6) is 23.0 Å². The van der Waals surface area contributed by atoms with E-state index < -0.39 is 11.9 Å². The molecule has 3 amide bonds. The number of aromatic nitrogens is 1. The topological polar surface area (TPSA) is 145 Å². The molecule has 1 aromatic heterocycles. The number of hydrogen-bond donors (Lipinski definition) is 4. The summed E-state index contributed by atoms with van der Waals surface area (Å²) in [6, 6.07) is 23.4. The molecule has 4 aromatic carbocycles. The number of methoxy groups -OCH3 is 2. The van der Waals surface area contributed by atoms with Crippen molar-refractivity contribution in [2.24, 2.45) is 5.73 Å². The number of rotatable bonds is 10. The molecule has 5 rings (SSSR count). The van der Waals surface area contributed by atoms with Crippen LogP contribution in [0.3, 0.4) is 0 Å². The number of aliphatic hydroxyl groups excluding tert-OH is 1. The van der Waals surface area contributed by atoms with Crippen LogP contribution in [0, 0.1) is 0 Å². The van der Waals surface area contributed by atoms with E-state index in [2.05, 4.69) is 15.6 Å². The molecule has 0 atom stereocenters. The van der Waals surface area contributed by atoms with Gasteiger partial charge in [-0.15, -0.1) is 0 Å². The summed E-state index contributed by atoms with van der Waals surface area (Å²) in [6.45, 7) is 5.91. The predicted octanol–water partition coefficient (Wildman–Crippen LogP) is 7.17. The Morgan fingerprint density at radius 3 is 2.23 bits per heavy atom. The average molecular weight is 635 g/mol. The number of nitrogens with zero attached hydrogens (tertiary/aromatic N) is 1. The standard InChI is InChI=1S/C37H38N4O6/c1-37(2,3)24-18-30(35(38)43)34(46-5)32(19-24)41-36(44)40-31-10-11-33(29-9-7-6-8-28(29)31)47-26-12-13-39-25(20-26)15-22-14-23(21-42)17-27(16-22)45-4/h6-14,16-20,42H,15,21H2,1-5H3,(H2,38,43)(H2,40,41,44). The lowest BCUT2D eigenvalue weighted by molar-refractivity contribution is 0.0997. The van der Waals surface area contributed by atoms with Gasteiger partial charge < -0.3 is 35.7 Å². The zero-order valence-corrected chi connectivity index (χ0v) is 27.0. The molecule has 242 valence electrons. The molecule has 0 unspecified atom stereocenters. The molecule has 5 aromatic rings. The molecular formula is C37H38N4O6. The fourth-order valence-electron chi connectivity index (χ4n) is 5.30. The molecule has 0 saturated heterocycles. The number of nitrogens with two attached hydrogens (primary N) is 1. The van der Waals surface area contributed by atoms with Gasteiger partial charge in [-0.1, -0.05) is 51.1 Å². The zero-order chi connectivity index (χ0) is 33.7. The summed E-state index contributed by atoms with van der Waals surface area (Å²) in [4.78, 5) is 30.1. The molecule has 47 heavy (non-hydrogen) atoms. The molecule has 5 N–H and O–H groups in total. The third-order valence-electron chi connectivity index (χ3n) is 7.65.